The van der Waals surface area contributed by atoms with Gasteiger partial charge in [0.25, 0.3) is 0 Å². The smallest absolute Gasteiger partial charge is 0.136 e. The van der Waals surface area contributed by atoms with Crippen LogP contribution in [0, 0.1) is 0 Å². The van der Waals surface area contributed by atoms with E-state index in [2.05, 4.69) is 0 Å². The van der Waals surface area contributed by atoms with E-state index in [0.717, 1.165) is 26.9 Å². The molecule has 9 rings (SSSR count). The highest BCUT2D eigenvalue weighted by atomic mass is 16.3. The van der Waals surface area contributed by atoms with Crippen LogP contribution in [0.4, 0.5) is 0 Å². The Balaban J connectivity index is 1.56. The summed E-state index contributed by atoms with van der Waals surface area (Å²) in [4.78, 5) is 0. The second kappa shape index (κ2) is 8.55. The fraction of sp³-hybridized carbons (Fsp3) is 0. The molecule has 8 aromatic carbocycles. The SMILES string of the molecule is [2H]c1c([2H])c([2H])c2c(-c3cccc4oc5ccccc5c34)c3c([2H])c([2H])c([2H])c([2H])c3c(-c3ccc4c(ccc5ccccc54)c3)c2c1[2H]. The molecule has 0 aliphatic rings. The van der Waals surface area contributed by atoms with Gasteiger partial charge >= 0.3 is 0 Å². The summed E-state index contributed by atoms with van der Waals surface area (Å²) < 4.78 is 78.5. The molecule has 0 fully saturated rings. The van der Waals surface area contributed by atoms with Gasteiger partial charge < -0.3 is 4.42 Å². The number of benzene rings is 8. The van der Waals surface area contributed by atoms with Crippen LogP contribution in [0.1, 0.15) is 11.0 Å². The van der Waals surface area contributed by atoms with Crippen molar-refractivity contribution in [2.24, 2.45) is 0 Å². The Labute approximate surface area is 248 Å². The molecule has 1 heterocycles. The van der Waals surface area contributed by atoms with Crippen LogP contribution in [0.3, 0.4) is 0 Å². The highest BCUT2D eigenvalue weighted by Gasteiger charge is 2.20. The van der Waals surface area contributed by atoms with Crippen molar-refractivity contribution in [2.45, 2.75) is 0 Å². The van der Waals surface area contributed by atoms with Crippen LogP contribution in [-0.4, -0.2) is 0 Å². The predicted molar refractivity (Wildman–Crippen MR) is 175 cm³/mol. The van der Waals surface area contributed by atoms with Gasteiger partial charge in [-0.15, -0.1) is 0 Å². The number of hydrogen-bond acceptors (Lipinski definition) is 1. The Kier molecular flexibility index (Phi) is 3.34. The van der Waals surface area contributed by atoms with Gasteiger partial charge in [0.15, 0.2) is 0 Å². The van der Waals surface area contributed by atoms with Crippen molar-refractivity contribution in [3.63, 3.8) is 0 Å². The lowest BCUT2D eigenvalue weighted by atomic mass is 9.84. The van der Waals surface area contributed by atoms with Crippen LogP contribution in [0.25, 0.3) is 87.3 Å². The van der Waals surface area contributed by atoms with Gasteiger partial charge in [-0.3, -0.25) is 0 Å². The van der Waals surface area contributed by atoms with Gasteiger partial charge in [0.2, 0.25) is 0 Å². The van der Waals surface area contributed by atoms with E-state index in [9.17, 15) is 5.48 Å². The largest absolute Gasteiger partial charge is 0.456 e. The molecule has 0 unspecified atom stereocenters. The summed E-state index contributed by atoms with van der Waals surface area (Å²) in [7, 11) is 0. The van der Waals surface area contributed by atoms with Crippen LogP contribution in [-0.2, 0) is 0 Å². The summed E-state index contributed by atoms with van der Waals surface area (Å²) in [5.74, 6) is 0. The third-order valence-corrected chi connectivity index (χ3v) is 8.08. The highest BCUT2D eigenvalue weighted by molar-refractivity contribution is 6.26. The minimum atomic E-state index is -0.431. The first-order valence-electron chi connectivity index (χ1n) is 17.5. The van der Waals surface area contributed by atoms with E-state index in [0.29, 0.717) is 38.8 Å². The molecule has 1 heteroatoms. The lowest BCUT2D eigenvalue weighted by Crippen LogP contribution is -1.91. The zero-order chi connectivity index (χ0) is 33.9. The normalized spacial score (nSPS) is 14.6. The zero-order valence-corrected chi connectivity index (χ0v) is 21.6. The van der Waals surface area contributed by atoms with E-state index < -0.39 is 24.2 Å². The standard InChI is InChI=1S/C40H24O/c1-2-11-28-25(10-1)20-21-26-24-27(22-23-29(26)28)38-30-12-3-5-14-32(30)39(33-15-6-4-13-31(33)38)35-17-9-19-37-40(35)34-16-7-8-18-36(34)41-37/h1-24H/i3D,4D,5D,6D,12D,13D,14D,15D. The van der Waals surface area contributed by atoms with Gasteiger partial charge in [-0.1, -0.05) is 127 Å². The number of para-hydroxylation sites is 1. The van der Waals surface area contributed by atoms with Crippen LogP contribution in [0.15, 0.2) is 150 Å². The molecule has 190 valence electrons. The first-order chi connectivity index (χ1) is 23.7. The van der Waals surface area contributed by atoms with Gasteiger partial charge in [0, 0.05) is 10.8 Å². The van der Waals surface area contributed by atoms with Crippen LogP contribution in [0.2, 0.25) is 0 Å². The van der Waals surface area contributed by atoms with Crippen molar-refractivity contribution < 1.29 is 15.4 Å². The molecule has 0 spiro atoms. The molecule has 0 radical (unpaired) electrons. The lowest BCUT2D eigenvalue weighted by molar-refractivity contribution is 0.669. The van der Waals surface area contributed by atoms with Crippen molar-refractivity contribution in [3.8, 4) is 22.3 Å². The Bertz CT molecular complexity index is 2850. The summed E-state index contributed by atoms with van der Waals surface area (Å²) in [6.45, 7) is 0. The maximum Gasteiger partial charge on any atom is 0.136 e. The quantitative estimate of drug-likeness (QED) is 0.161. The first kappa shape index (κ1) is 16.0. The molecular formula is C40H24O. The van der Waals surface area contributed by atoms with Crippen molar-refractivity contribution in [3.05, 3.63) is 145 Å². The third-order valence-electron chi connectivity index (χ3n) is 8.08. The number of fused-ring (bicyclic) bond motifs is 8. The van der Waals surface area contributed by atoms with Gasteiger partial charge in [-0.25, -0.2) is 0 Å². The molecule has 9 aromatic rings. The Morgan fingerprint density at radius 2 is 1.05 bits per heavy atom. The monoisotopic (exact) mass is 528 g/mol. The Morgan fingerprint density at radius 3 is 1.83 bits per heavy atom. The molecule has 0 atom stereocenters. The van der Waals surface area contributed by atoms with Gasteiger partial charge in [0.05, 0.1) is 11.0 Å². The Morgan fingerprint density at radius 1 is 0.439 bits per heavy atom. The third kappa shape index (κ3) is 3.24. The average Bonchev–Trinajstić information content (AvgIpc) is 3.52. The topological polar surface area (TPSA) is 13.1 Å². The van der Waals surface area contributed by atoms with E-state index in [1.165, 1.54) is 0 Å². The predicted octanol–water partition coefficient (Wildman–Crippen LogP) is 11.5. The second-order valence-electron chi connectivity index (χ2n) is 10.2. The van der Waals surface area contributed by atoms with Crippen LogP contribution >= 0.6 is 0 Å². The minimum Gasteiger partial charge on any atom is -0.456 e. The maximum atomic E-state index is 9.32. The molecule has 41 heavy (non-hydrogen) atoms. The zero-order valence-electron chi connectivity index (χ0n) is 29.6. The molecule has 0 N–H and O–H groups in total. The van der Waals surface area contributed by atoms with E-state index in [1.807, 2.05) is 91.0 Å². The molecule has 1 nitrogen and oxygen atoms in total. The van der Waals surface area contributed by atoms with Crippen molar-refractivity contribution >= 4 is 65.0 Å². The van der Waals surface area contributed by atoms with Gasteiger partial charge in [0.1, 0.15) is 11.2 Å². The summed E-state index contributed by atoms with van der Waals surface area (Å²) in [6.07, 6.45) is 0. The fourth-order valence-electron chi connectivity index (χ4n) is 6.33. The van der Waals surface area contributed by atoms with Gasteiger partial charge in [-0.2, -0.15) is 0 Å². The maximum absolute atomic E-state index is 9.32. The molecular weight excluding hydrogens is 496 g/mol. The number of rotatable bonds is 2. The van der Waals surface area contributed by atoms with E-state index in [-0.39, 0.29) is 45.7 Å². The van der Waals surface area contributed by atoms with Crippen LogP contribution < -0.4 is 0 Å². The van der Waals surface area contributed by atoms with Crippen molar-refractivity contribution in [1.82, 2.24) is 0 Å². The van der Waals surface area contributed by atoms with Crippen molar-refractivity contribution in [1.29, 1.82) is 0 Å². The molecule has 1 aromatic heterocycles. The Hall–Kier alpha value is -5.40. The first-order valence-corrected chi connectivity index (χ1v) is 13.5. The number of furan rings is 1. The summed E-state index contributed by atoms with van der Waals surface area (Å²) in [5.41, 5.74) is 2.93. The summed E-state index contributed by atoms with van der Waals surface area (Å²) >= 11 is 0. The van der Waals surface area contributed by atoms with Gasteiger partial charge in [-0.05, 0) is 83.5 Å². The fourth-order valence-corrected chi connectivity index (χ4v) is 6.33. The second-order valence-corrected chi connectivity index (χ2v) is 10.2. The molecule has 0 bridgehead atoms. The summed E-state index contributed by atoms with van der Waals surface area (Å²) in [6, 6.07) is 27.9. The van der Waals surface area contributed by atoms with E-state index in [4.69, 9.17) is 9.90 Å². The summed E-state index contributed by atoms with van der Waals surface area (Å²) in [5, 5.41) is 6.20. The molecule has 0 saturated carbocycles. The van der Waals surface area contributed by atoms with Crippen molar-refractivity contribution in [2.75, 3.05) is 0 Å². The molecule has 0 aliphatic carbocycles. The van der Waals surface area contributed by atoms with E-state index in [1.54, 1.807) is 6.07 Å². The van der Waals surface area contributed by atoms with E-state index >= 15 is 0 Å². The van der Waals surface area contributed by atoms with Crippen LogP contribution in [0.5, 0.6) is 0 Å². The number of hydrogen-bond donors (Lipinski definition) is 0. The minimum absolute atomic E-state index is 0.176. The molecule has 0 aliphatic heterocycles. The molecule has 0 amide bonds. The highest BCUT2D eigenvalue weighted by Crippen LogP contribution is 2.47. The lowest BCUT2D eigenvalue weighted by Gasteiger charge is -2.18. The molecule has 0 saturated heterocycles. The average molecular weight is 529 g/mol.